The molecule has 2 unspecified atom stereocenters. The Labute approximate surface area is 94.5 Å². The molecule has 0 aromatic rings. The van der Waals surface area contributed by atoms with Crippen LogP contribution in [0, 0.1) is 11.8 Å². The number of hydrogen-bond donors (Lipinski definition) is 2. The highest BCUT2D eigenvalue weighted by Crippen LogP contribution is 2.04. The zero-order chi connectivity index (χ0) is 12.1. The average Bonchev–Trinajstić information content (AvgIpc) is 2.28. The van der Waals surface area contributed by atoms with Gasteiger partial charge in [0.2, 0.25) is 0 Å². The molecule has 3 nitrogen and oxygen atoms in total. The molecule has 0 heterocycles. The molecule has 0 aromatic carbocycles. The topological polar surface area (TPSA) is 49.7 Å². The summed E-state index contributed by atoms with van der Waals surface area (Å²) < 4.78 is 5.54. The van der Waals surface area contributed by atoms with Gasteiger partial charge < -0.3 is 14.9 Å². The number of aliphatic hydroxyl groups is 2. The van der Waals surface area contributed by atoms with Crippen molar-refractivity contribution >= 4 is 0 Å². The van der Waals surface area contributed by atoms with E-state index in [2.05, 4.69) is 27.7 Å². The van der Waals surface area contributed by atoms with Crippen molar-refractivity contribution in [3.8, 4) is 0 Å². The third kappa shape index (κ3) is 16.5. The first-order valence-electron chi connectivity index (χ1n) is 5.91. The number of rotatable bonds is 7. The Bertz CT molecular complexity index is 95.0. The standard InChI is InChI=1S/C10H22O.C2H6O2/c1-5-9(3)7-11-8-10(4)6-2;3-1-2-4/h9-10H,5-8H2,1-4H3;3-4H,1-2H2. The molecule has 0 radical (unpaired) electrons. The summed E-state index contributed by atoms with van der Waals surface area (Å²) in [6, 6.07) is 0. The molecule has 0 bridgehead atoms. The molecular weight excluding hydrogens is 192 g/mol. The van der Waals surface area contributed by atoms with Crippen molar-refractivity contribution in [2.24, 2.45) is 11.8 Å². The van der Waals surface area contributed by atoms with Crippen LogP contribution in [0.25, 0.3) is 0 Å². The first-order valence-corrected chi connectivity index (χ1v) is 5.91. The minimum atomic E-state index is -0.125. The lowest BCUT2D eigenvalue weighted by atomic mass is 10.1. The van der Waals surface area contributed by atoms with Crippen molar-refractivity contribution in [3.63, 3.8) is 0 Å². The van der Waals surface area contributed by atoms with E-state index in [1.54, 1.807) is 0 Å². The SMILES string of the molecule is CCC(C)COCC(C)CC.OCCO. The predicted molar refractivity (Wildman–Crippen MR) is 63.9 cm³/mol. The van der Waals surface area contributed by atoms with Crippen molar-refractivity contribution in [2.75, 3.05) is 26.4 Å². The van der Waals surface area contributed by atoms with E-state index in [0.717, 1.165) is 25.0 Å². The second-order valence-corrected chi connectivity index (χ2v) is 4.01. The van der Waals surface area contributed by atoms with Gasteiger partial charge in [-0.2, -0.15) is 0 Å². The van der Waals surface area contributed by atoms with Crippen molar-refractivity contribution in [1.82, 2.24) is 0 Å². The van der Waals surface area contributed by atoms with E-state index in [-0.39, 0.29) is 13.2 Å². The monoisotopic (exact) mass is 220 g/mol. The van der Waals surface area contributed by atoms with Gasteiger partial charge in [-0.25, -0.2) is 0 Å². The second-order valence-electron chi connectivity index (χ2n) is 4.01. The molecule has 15 heavy (non-hydrogen) atoms. The van der Waals surface area contributed by atoms with Crippen LogP contribution in [0.3, 0.4) is 0 Å². The third-order valence-electron chi connectivity index (χ3n) is 2.30. The molecule has 0 saturated carbocycles. The van der Waals surface area contributed by atoms with Crippen LogP contribution >= 0.6 is 0 Å². The molecule has 0 saturated heterocycles. The maximum Gasteiger partial charge on any atom is 0.0662 e. The van der Waals surface area contributed by atoms with Gasteiger partial charge in [0.1, 0.15) is 0 Å². The zero-order valence-corrected chi connectivity index (χ0v) is 10.7. The molecule has 0 aliphatic heterocycles. The highest BCUT2D eigenvalue weighted by molar-refractivity contribution is 4.49. The summed E-state index contributed by atoms with van der Waals surface area (Å²) in [6.45, 7) is 10.5. The van der Waals surface area contributed by atoms with Crippen LogP contribution in [0.4, 0.5) is 0 Å². The smallest absolute Gasteiger partial charge is 0.0662 e. The Morgan fingerprint density at radius 3 is 1.40 bits per heavy atom. The highest BCUT2D eigenvalue weighted by Gasteiger charge is 2.01. The summed E-state index contributed by atoms with van der Waals surface area (Å²) >= 11 is 0. The predicted octanol–water partition coefficient (Wildman–Crippen LogP) is 2.07. The van der Waals surface area contributed by atoms with E-state index in [0.29, 0.717) is 0 Å². The van der Waals surface area contributed by atoms with Crippen molar-refractivity contribution < 1.29 is 14.9 Å². The van der Waals surface area contributed by atoms with Crippen LogP contribution in [0.5, 0.6) is 0 Å². The largest absolute Gasteiger partial charge is 0.394 e. The van der Waals surface area contributed by atoms with Gasteiger partial charge in [0.05, 0.1) is 13.2 Å². The fraction of sp³-hybridized carbons (Fsp3) is 1.00. The molecular formula is C12H28O3. The zero-order valence-electron chi connectivity index (χ0n) is 10.7. The molecule has 0 fully saturated rings. The van der Waals surface area contributed by atoms with Crippen LogP contribution in [-0.4, -0.2) is 36.6 Å². The molecule has 0 amide bonds. The Morgan fingerprint density at radius 1 is 0.867 bits per heavy atom. The van der Waals surface area contributed by atoms with Crippen molar-refractivity contribution in [3.05, 3.63) is 0 Å². The van der Waals surface area contributed by atoms with Gasteiger partial charge in [-0.3, -0.25) is 0 Å². The lowest BCUT2D eigenvalue weighted by molar-refractivity contribution is 0.0780. The molecule has 0 aliphatic carbocycles. The third-order valence-corrected chi connectivity index (χ3v) is 2.30. The van der Waals surface area contributed by atoms with E-state index in [4.69, 9.17) is 14.9 Å². The summed E-state index contributed by atoms with van der Waals surface area (Å²) in [7, 11) is 0. The summed E-state index contributed by atoms with van der Waals surface area (Å²) in [5.41, 5.74) is 0. The Hall–Kier alpha value is -0.120. The van der Waals surface area contributed by atoms with Crippen LogP contribution < -0.4 is 0 Å². The Morgan fingerprint density at radius 2 is 1.20 bits per heavy atom. The molecule has 94 valence electrons. The molecule has 0 aliphatic rings. The van der Waals surface area contributed by atoms with Crippen LogP contribution in [0.2, 0.25) is 0 Å². The van der Waals surface area contributed by atoms with Crippen LogP contribution in [0.1, 0.15) is 40.5 Å². The van der Waals surface area contributed by atoms with Gasteiger partial charge in [0.25, 0.3) is 0 Å². The number of hydrogen-bond acceptors (Lipinski definition) is 3. The van der Waals surface area contributed by atoms with Crippen LogP contribution in [0.15, 0.2) is 0 Å². The molecule has 2 N–H and O–H groups in total. The quantitative estimate of drug-likeness (QED) is 0.690. The summed E-state index contributed by atoms with van der Waals surface area (Å²) in [5.74, 6) is 1.44. The molecule has 2 atom stereocenters. The summed E-state index contributed by atoms with van der Waals surface area (Å²) in [4.78, 5) is 0. The first kappa shape index (κ1) is 17.3. The molecule has 3 heteroatoms. The minimum Gasteiger partial charge on any atom is -0.394 e. The first-order chi connectivity index (χ1) is 7.12. The fourth-order valence-electron chi connectivity index (χ4n) is 0.706. The van der Waals surface area contributed by atoms with Crippen LogP contribution in [-0.2, 0) is 4.74 Å². The van der Waals surface area contributed by atoms with Gasteiger partial charge in [0, 0.05) is 13.2 Å². The number of aliphatic hydroxyl groups excluding tert-OH is 2. The van der Waals surface area contributed by atoms with E-state index in [1.807, 2.05) is 0 Å². The molecule has 0 spiro atoms. The lowest BCUT2D eigenvalue weighted by Crippen LogP contribution is -2.10. The van der Waals surface area contributed by atoms with Gasteiger partial charge in [-0.1, -0.05) is 40.5 Å². The maximum absolute atomic E-state index is 7.62. The van der Waals surface area contributed by atoms with Gasteiger partial charge in [0.15, 0.2) is 0 Å². The van der Waals surface area contributed by atoms with Gasteiger partial charge >= 0.3 is 0 Å². The highest BCUT2D eigenvalue weighted by atomic mass is 16.5. The average molecular weight is 220 g/mol. The molecule has 0 rings (SSSR count). The van der Waals surface area contributed by atoms with Gasteiger partial charge in [-0.15, -0.1) is 0 Å². The summed E-state index contributed by atoms with van der Waals surface area (Å²) in [6.07, 6.45) is 2.45. The number of ether oxygens (including phenoxy) is 1. The van der Waals surface area contributed by atoms with Crippen molar-refractivity contribution in [2.45, 2.75) is 40.5 Å². The van der Waals surface area contributed by atoms with Gasteiger partial charge in [-0.05, 0) is 11.8 Å². The Balaban J connectivity index is 0. The lowest BCUT2D eigenvalue weighted by Gasteiger charge is -2.12. The Kier molecular flexibility index (Phi) is 16.0. The van der Waals surface area contributed by atoms with E-state index in [9.17, 15) is 0 Å². The fourth-order valence-corrected chi connectivity index (χ4v) is 0.706. The van der Waals surface area contributed by atoms with E-state index in [1.165, 1.54) is 12.8 Å². The van der Waals surface area contributed by atoms with Crippen molar-refractivity contribution in [1.29, 1.82) is 0 Å². The summed E-state index contributed by atoms with van der Waals surface area (Å²) in [5, 5.41) is 15.2. The minimum absolute atomic E-state index is 0.125. The maximum atomic E-state index is 7.62. The molecule has 0 aromatic heterocycles. The normalized spacial score (nSPS) is 14.0. The van der Waals surface area contributed by atoms with E-state index < -0.39 is 0 Å². The second kappa shape index (κ2) is 13.9. The van der Waals surface area contributed by atoms with E-state index >= 15 is 0 Å².